The van der Waals surface area contributed by atoms with E-state index in [4.69, 9.17) is 0 Å². The Bertz CT molecular complexity index is 585. The van der Waals surface area contributed by atoms with Crippen molar-refractivity contribution in [2.24, 2.45) is 5.41 Å². The van der Waals surface area contributed by atoms with E-state index in [9.17, 15) is 5.11 Å². The zero-order valence-corrected chi connectivity index (χ0v) is 13.9. The molecule has 3 rings (SSSR count). The molecular weight excluding hydrogens is 294 g/mol. The number of pyridine rings is 1. The maximum atomic E-state index is 9.61. The number of aliphatic hydroxyl groups is 1. The van der Waals surface area contributed by atoms with E-state index >= 15 is 0 Å². The maximum Gasteiger partial charge on any atom is 0.142 e. The summed E-state index contributed by atoms with van der Waals surface area (Å²) in [7, 11) is 0. The molecule has 0 aliphatic carbocycles. The summed E-state index contributed by atoms with van der Waals surface area (Å²) in [5.41, 5.74) is 1.10. The SMILES string of the molecule is CCC1(CO)CCN(Cc2cnc(-c3ccccn3)s2)CC1. The van der Waals surface area contributed by atoms with E-state index in [1.807, 2.05) is 24.4 Å². The van der Waals surface area contributed by atoms with Crippen molar-refractivity contribution in [2.75, 3.05) is 19.7 Å². The van der Waals surface area contributed by atoms with Crippen molar-refractivity contribution in [3.8, 4) is 10.7 Å². The lowest BCUT2D eigenvalue weighted by molar-refractivity contribution is 0.0385. The van der Waals surface area contributed by atoms with E-state index < -0.39 is 0 Å². The Morgan fingerprint density at radius 3 is 2.73 bits per heavy atom. The Morgan fingerprint density at radius 2 is 2.09 bits per heavy atom. The van der Waals surface area contributed by atoms with E-state index in [0.717, 1.165) is 49.6 Å². The zero-order chi connectivity index (χ0) is 15.4. The van der Waals surface area contributed by atoms with Crippen molar-refractivity contribution < 1.29 is 5.11 Å². The third-order valence-corrected chi connectivity index (χ3v) is 5.82. The summed E-state index contributed by atoms with van der Waals surface area (Å²) in [6, 6.07) is 5.92. The Hall–Kier alpha value is -1.30. The molecule has 0 spiro atoms. The quantitative estimate of drug-likeness (QED) is 0.920. The molecule has 22 heavy (non-hydrogen) atoms. The number of rotatable bonds is 5. The van der Waals surface area contributed by atoms with Gasteiger partial charge in [0, 0.05) is 30.4 Å². The van der Waals surface area contributed by atoms with Gasteiger partial charge in [0.15, 0.2) is 0 Å². The van der Waals surface area contributed by atoms with Crippen molar-refractivity contribution >= 4 is 11.3 Å². The molecule has 0 radical (unpaired) electrons. The van der Waals surface area contributed by atoms with Crippen molar-refractivity contribution in [3.63, 3.8) is 0 Å². The van der Waals surface area contributed by atoms with Crippen LogP contribution < -0.4 is 0 Å². The molecule has 1 fully saturated rings. The van der Waals surface area contributed by atoms with Gasteiger partial charge in [-0.05, 0) is 49.9 Å². The average Bonchev–Trinajstić information content (AvgIpc) is 3.05. The van der Waals surface area contributed by atoms with Crippen LogP contribution in [0.4, 0.5) is 0 Å². The van der Waals surface area contributed by atoms with Gasteiger partial charge >= 0.3 is 0 Å². The molecule has 1 saturated heterocycles. The molecule has 0 aromatic carbocycles. The second-order valence-corrected chi connectivity index (χ2v) is 7.25. The minimum atomic E-state index is 0.156. The molecule has 1 N–H and O–H groups in total. The summed E-state index contributed by atoms with van der Waals surface area (Å²) in [5.74, 6) is 0. The zero-order valence-electron chi connectivity index (χ0n) is 13.0. The molecular formula is C17H23N3OS. The largest absolute Gasteiger partial charge is 0.396 e. The molecule has 2 aromatic rings. The normalized spacial score (nSPS) is 18.5. The topological polar surface area (TPSA) is 49.2 Å². The fraction of sp³-hybridized carbons (Fsp3) is 0.529. The number of nitrogens with zero attached hydrogens (tertiary/aromatic N) is 3. The van der Waals surface area contributed by atoms with Crippen molar-refractivity contribution in [3.05, 3.63) is 35.5 Å². The molecule has 0 unspecified atom stereocenters. The second kappa shape index (κ2) is 6.86. The molecule has 1 aliphatic heterocycles. The van der Waals surface area contributed by atoms with Crippen molar-refractivity contribution in [1.29, 1.82) is 0 Å². The third kappa shape index (κ3) is 3.37. The van der Waals surface area contributed by atoms with Crippen LogP contribution in [0.2, 0.25) is 0 Å². The van der Waals surface area contributed by atoms with E-state index in [2.05, 4.69) is 21.8 Å². The fourth-order valence-electron chi connectivity index (χ4n) is 3.02. The Balaban J connectivity index is 1.60. The second-order valence-electron chi connectivity index (χ2n) is 6.13. The number of thiazole rings is 1. The summed E-state index contributed by atoms with van der Waals surface area (Å²) in [4.78, 5) is 12.6. The molecule has 0 saturated carbocycles. The standard InChI is InChI=1S/C17H23N3OS/c1-2-17(13-21)6-9-20(10-7-17)12-14-11-19-16(22-14)15-5-3-4-8-18-15/h3-5,8,11,21H,2,6-7,9-10,12-13H2,1H3. The highest BCUT2D eigenvalue weighted by atomic mass is 32.1. The molecule has 5 heteroatoms. The van der Waals surface area contributed by atoms with Gasteiger partial charge in [-0.15, -0.1) is 11.3 Å². The van der Waals surface area contributed by atoms with Gasteiger partial charge in [0.05, 0.1) is 5.69 Å². The smallest absolute Gasteiger partial charge is 0.142 e. The number of likely N-dealkylation sites (tertiary alicyclic amines) is 1. The monoisotopic (exact) mass is 317 g/mol. The molecule has 0 atom stereocenters. The van der Waals surface area contributed by atoms with E-state index in [0.29, 0.717) is 6.61 Å². The molecule has 0 bridgehead atoms. The van der Waals surface area contributed by atoms with E-state index in [-0.39, 0.29) is 5.41 Å². The Morgan fingerprint density at radius 1 is 1.27 bits per heavy atom. The number of aliphatic hydroxyl groups excluding tert-OH is 1. The number of aromatic nitrogens is 2. The van der Waals surface area contributed by atoms with Gasteiger partial charge in [0.2, 0.25) is 0 Å². The molecule has 1 aliphatic rings. The highest BCUT2D eigenvalue weighted by molar-refractivity contribution is 7.14. The first kappa shape index (κ1) is 15.6. The van der Waals surface area contributed by atoms with Gasteiger partial charge in [0.25, 0.3) is 0 Å². The van der Waals surface area contributed by atoms with Crippen LogP contribution in [0.5, 0.6) is 0 Å². The lowest BCUT2D eigenvalue weighted by atomic mass is 9.77. The number of piperidine rings is 1. The Labute approximate surface area is 135 Å². The molecule has 2 aromatic heterocycles. The molecule has 0 amide bonds. The minimum Gasteiger partial charge on any atom is -0.396 e. The van der Waals surface area contributed by atoms with Crippen LogP contribution >= 0.6 is 11.3 Å². The van der Waals surface area contributed by atoms with Gasteiger partial charge in [-0.1, -0.05) is 13.0 Å². The minimum absolute atomic E-state index is 0.156. The lowest BCUT2D eigenvalue weighted by Crippen LogP contribution is -2.41. The van der Waals surface area contributed by atoms with Gasteiger partial charge < -0.3 is 5.11 Å². The third-order valence-electron chi connectivity index (χ3n) is 4.82. The summed E-state index contributed by atoms with van der Waals surface area (Å²) in [6.07, 6.45) is 7.03. The summed E-state index contributed by atoms with van der Waals surface area (Å²) < 4.78 is 0. The highest BCUT2D eigenvalue weighted by Gasteiger charge is 2.32. The van der Waals surface area contributed by atoms with Crippen molar-refractivity contribution in [2.45, 2.75) is 32.7 Å². The molecule has 4 nitrogen and oxygen atoms in total. The van der Waals surface area contributed by atoms with Crippen LogP contribution in [0, 0.1) is 5.41 Å². The number of hydrogen-bond donors (Lipinski definition) is 1. The van der Waals surface area contributed by atoms with E-state index in [1.54, 1.807) is 17.5 Å². The average molecular weight is 317 g/mol. The van der Waals surface area contributed by atoms with E-state index in [1.165, 1.54) is 4.88 Å². The fourth-order valence-corrected chi connectivity index (χ4v) is 3.95. The molecule has 118 valence electrons. The first-order chi connectivity index (χ1) is 10.7. The van der Waals surface area contributed by atoms with Crippen LogP contribution in [0.25, 0.3) is 10.7 Å². The van der Waals surface area contributed by atoms with Crippen LogP contribution in [0.15, 0.2) is 30.6 Å². The van der Waals surface area contributed by atoms with Gasteiger partial charge in [-0.3, -0.25) is 9.88 Å². The molecule has 3 heterocycles. The summed E-state index contributed by atoms with van der Waals surface area (Å²) >= 11 is 1.73. The summed E-state index contributed by atoms with van der Waals surface area (Å²) in [6.45, 7) is 5.59. The van der Waals surface area contributed by atoms with Crippen LogP contribution in [-0.4, -0.2) is 39.7 Å². The van der Waals surface area contributed by atoms with Crippen molar-refractivity contribution in [1.82, 2.24) is 14.9 Å². The predicted octanol–water partition coefficient (Wildman–Crippen LogP) is 3.19. The summed E-state index contributed by atoms with van der Waals surface area (Å²) in [5, 5.41) is 10.6. The lowest BCUT2D eigenvalue weighted by Gasteiger charge is -2.40. The number of hydrogen-bond acceptors (Lipinski definition) is 5. The van der Waals surface area contributed by atoms with Gasteiger partial charge in [-0.25, -0.2) is 4.98 Å². The van der Waals surface area contributed by atoms with Crippen LogP contribution in [-0.2, 0) is 6.54 Å². The van der Waals surface area contributed by atoms with Crippen LogP contribution in [0.3, 0.4) is 0 Å². The predicted molar refractivity (Wildman–Crippen MR) is 89.7 cm³/mol. The highest BCUT2D eigenvalue weighted by Crippen LogP contribution is 2.35. The van der Waals surface area contributed by atoms with Gasteiger partial charge in [0.1, 0.15) is 5.01 Å². The first-order valence-corrected chi connectivity index (χ1v) is 8.76. The van der Waals surface area contributed by atoms with Crippen LogP contribution in [0.1, 0.15) is 31.1 Å². The Kier molecular flexibility index (Phi) is 4.86. The first-order valence-electron chi connectivity index (χ1n) is 7.94. The van der Waals surface area contributed by atoms with Gasteiger partial charge in [-0.2, -0.15) is 0 Å². The maximum absolute atomic E-state index is 9.61.